The summed E-state index contributed by atoms with van der Waals surface area (Å²) in [5.41, 5.74) is 20.7. The summed E-state index contributed by atoms with van der Waals surface area (Å²) in [4.78, 5) is 0. The van der Waals surface area contributed by atoms with E-state index in [1.807, 2.05) is 6.92 Å². The van der Waals surface area contributed by atoms with Crippen LogP contribution in [-0.2, 0) is 0 Å². The number of benzene rings is 2. The second kappa shape index (κ2) is 4.61. The number of aromatic hydroxyl groups is 1. The molecule has 0 spiro atoms. The van der Waals surface area contributed by atoms with Gasteiger partial charge in [-0.1, -0.05) is 0 Å². The molecule has 0 saturated carbocycles. The van der Waals surface area contributed by atoms with E-state index >= 15 is 0 Å². The molecule has 0 unspecified atom stereocenters. The predicted octanol–water partition coefficient (Wildman–Crippen LogP) is 2.55. The Balaban J connectivity index is 2.42. The highest BCUT2D eigenvalue weighted by atomic mass is 16.5. The van der Waals surface area contributed by atoms with Crippen molar-refractivity contribution in [2.75, 3.05) is 17.2 Å². The topological polar surface area (TPSA) is 108 Å². The van der Waals surface area contributed by atoms with E-state index in [1.54, 1.807) is 31.2 Å². The summed E-state index contributed by atoms with van der Waals surface area (Å²) in [5.74, 6) is 0.643. The van der Waals surface area contributed by atoms with E-state index in [4.69, 9.17) is 21.9 Å². The molecule has 100 valence electrons. The van der Waals surface area contributed by atoms with Gasteiger partial charge in [0.15, 0.2) is 17.2 Å². The molecule has 0 bridgehead atoms. The number of nitrogen functional groups attached to an aromatic ring is 3. The number of phenolic OH excluding ortho intramolecular Hbond substituents is 1. The maximum atomic E-state index is 9.84. The number of hydrogen-bond acceptors (Lipinski definition) is 5. The molecule has 5 heteroatoms. The first kappa shape index (κ1) is 12.9. The summed E-state index contributed by atoms with van der Waals surface area (Å²) < 4.78 is 5.58. The Bertz CT molecular complexity index is 584. The van der Waals surface area contributed by atoms with Crippen molar-refractivity contribution in [2.24, 2.45) is 0 Å². The first-order valence-corrected chi connectivity index (χ1v) is 5.81. The number of ether oxygens (including phenoxy) is 1. The summed E-state index contributed by atoms with van der Waals surface area (Å²) in [6, 6.07) is 6.44. The van der Waals surface area contributed by atoms with E-state index in [2.05, 4.69) is 0 Å². The fourth-order valence-corrected chi connectivity index (χ4v) is 1.70. The molecule has 0 fully saturated rings. The molecule has 0 radical (unpaired) electrons. The van der Waals surface area contributed by atoms with E-state index in [-0.39, 0.29) is 11.5 Å². The van der Waals surface area contributed by atoms with E-state index in [1.165, 1.54) is 0 Å². The van der Waals surface area contributed by atoms with Crippen molar-refractivity contribution in [1.82, 2.24) is 0 Å². The minimum atomic E-state index is 0.00486. The van der Waals surface area contributed by atoms with Gasteiger partial charge in [-0.15, -0.1) is 0 Å². The standard InChI is InChI=1S/C14H17N3O2/c1-7-3-11(17)13(5-9(7)15)19-14-6-10(16)8(2)4-12(14)18/h3-6,18H,15-17H2,1-2H3. The second-order valence-electron chi connectivity index (χ2n) is 4.53. The lowest BCUT2D eigenvalue weighted by Crippen LogP contribution is -1.98. The maximum Gasteiger partial charge on any atom is 0.171 e. The SMILES string of the molecule is Cc1cc(N)c(Oc2cc(N)c(C)cc2O)cc1N. The molecule has 0 aliphatic rings. The highest BCUT2D eigenvalue weighted by Gasteiger charge is 2.10. The fourth-order valence-electron chi connectivity index (χ4n) is 1.70. The van der Waals surface area contributed by atoms with E-state index in [9.17, 15) is 5.11 Å². The summed E-state index contributed by atoms with van der Waals surface area (Å²) in [7, 11) is 0. The Kier molecular flexibility index (Phi) is 3.12. The molecule has 5 nitrogen and oxygen atoms in total. The van der Waals surface area contributed by atoms with Crippen molar-refractivity contribution in [3.8, 4) is 17.2 Å². The highest BCUT2D eigenvalue weighted by molar-refractivity contribution is 5.66. The third-order valence-electron chi connectivity index (χ3n) is 2.97. The summed E-state index contributed by atoms with van der Waals surface area (Å²) >= 11 is 0. The quantitative estimate of drug-likeness (QED) is 0.489. The van der Waals surface area contributed by atoms with Crippen molar-refractivity contribution < 1.29 is 9.84 Å². The van der Waals surface area contributed by atoms with Crippen LogP contribution in [0.15, 0.2) is 24.3 Å². The largest absolute Gasteiger partial charge is 0.504 e. The number of phenols is 1. The Morgan fingerprint density at radius 3 is 1.95 bits per heavy atom. The molecule has 2 aromatic rings. The smallest absolute Gasteiger partial charge is 0.171 e. The lowest BCUT2D eigenvalue weighted by Gasteiger charge is -2.13. The van der Waals surface area contributed by atoms with Gasteiger partial charge in [0.05, 0.1) is 5.69 Å². The Labute approximate surface area is 111 Å². The first-order chi connectivity index (χ1) is 8.88. The highest BCUT2D eigenvalue weighted by Crippen LogP contribution is 2.37. The molecular formula is C14H17N3O2. The molecule has 0 saturated heterocycles. The van der Waals surface area contributed by atoms with Gasteiger partial charge in [-0.2, -0.15) is 0 Å². The molecule has 2 rings (SSSR count). The third-order valence-corrected chi connectivity index (χ3v) is 2.97. The summed E-state index contributed by atoms with van der Waals surface area (Å²) in [6.07, 6.45) is 0. The number of anilines is 3. The van der Waals surface area contributed by atoms with Crippen LogP contribution in [-0.4, -0.2) is 5.11 Å². The van der Waals surface area contributed by atoms with Crippen LogP contribution in [0.3, 0.4) is 0 Å². The van der Waals surface area contributed by atoms with Gasteiger partial charge in [-0.25, -0.2) is 0 Å². The zero-order valence-corrected chi connectivity index (χ0v) is 10.9. The molecule has 0 atom stereocenters. The van der Waals surface area contributed by atoms with Crippen molar-refractivity contribution in [1.29, 1.82) is 0 Å². The zero-order valence-electron chi connectivity index (χ0n) is 10.9. The van der Waals surface area contributed by atoms with Crippen LogP contribution in [0.25, 0.3) is 0 Å². The molecule has 0 aromatic heterocycles. The van der Waals surface area contributed by atoms with Gasteiger partial charge in [-0.3, -0.25) is 0 Å². The van der Waals surface area contributed by atoms with Gasteiger partial charge in [0, 0.05) is 23.5 Å². The first-order valence-electron chi connectivity index (χ1n) is 5.81. The Morgan fingerprint density at radius 1 is 0.789 bits per heavy atom. The lowest BCUT2D eigenvalue weighted by molar-refractivity contribution is 0.412. The van der Waals surface area contributed by atoms with Crippen LogP contribution in [0.1, 0.15) is 11.1 Å². The number of aryl methyl sites for hydroxylation is 2. The molecule has 0 amide bonds. The van der Waals surface area contributed by atoms with Gasteiger partial charge in [0.1, 0.15) is 0 Å². The van der Waals surface area contributed by atoms with Gasteiger partial charge in [-0.05, 0) is 37.1 Å². The normalized spacial score (nSPS) is 10.4. The van der Waals surface area contributed by atoms with Crippen LogP contribution >= 0.6 is 0 Å². The molecule has 7 N–H and O–H groups in total. The van der Waals surface area contributed by atoms with Crippen molar-refractivity contribution in [3.63, 3.8) is 0 Å². The van der Waals surface area contributed by atoms with Gasteiger partial charge >= 0.3 is 0 Å². The molecule has 19 heavy (non-hydrogen) atoms. The van der Waals surface area contributed by atoms with Gasteiger partial charge in [0.25, 0.3) is 0 Å². The Morgan fingerprint density at radius 2 is 1.32 bits per heavy atom. The third kappa shape index (κ3) is 2.49. The van der Waals surface area contributed by atoms with E-state index in [0.717, 1.165) is 11.1 Å². The van der Waals surface area contributed by atoms with Gasteiger partial charge in [0.2, 0.25) is 0 Å². The van der Waals surface area contributed by atoms with Crippen molar-refractivity contribution in [3.05, 3.63) is 35.4 Å². The molecule has 0 aliphatic carbocycles. The summed E-state index contributed by atoms with van der Waals surface area (Å²) in [5, 5.41) is 9.84. The van der Waals surface area contributed by atoms with Crippen LogP contribution in [0, 0.1) is 13.8 Å². The fraction of sp³-hybridized carbons (Fsp3) is 0.143. The van der Waals surface area contributed by atoms with Crippen LogP contribution in [0.4, 0.5) is 17.1 Å². The van der Waals surface area contributed by atoms with E-state index < -0.39 is 0 Å². The van der Waals surface area contributed by atoms with Crippen molar-refractivity contribution in [2.45, 2.75) is 13.8 Å². The average molecular weight is 259 g/mol. The van der Waals surface area contributed by atoms with Crippen LogP contribution < -0.4 is 21.9 Å². The molecule has 2 aromatic carbocycles. The predicted molar refractivity (Wildman–Crippen MR) is 77.3 cm³/mol. The Hall–Kier alpha value is -2.56. The van der Waals surface area contributed by atoms with E-state index in [0.29, 0.717) is 22.8 Å². The lowest BCUT2D eigenvalue weighted by atomic mass is 10.1. The monoisotopic (exact) mass is 259 g/mol. The minimum absolute atomic E-state index is 0.00486. The minimum Gasteiger partial charge on any atom is -0.504 e. The summed E-state index contributed by atoms with van der Waals surface area (Å²) in [6.45, 7) is 3.66. The number of rotatable bonds is 2. The average Bonchev–Trinajstić information content (AvgIpc) is 2.32. The van der Waals surface area contributed by atoms with Crippen molar-refractivity contribution >= 4 is 17.1 Å². The number of nitrogens with two attached hydrogens (primary N) is 3. The van der Waals surface area contributed by atoms with Gasteiger partial charge < -0.3 is 27.0 Å². The van der Waals surface area contributed by atoms with Crippen LogP contribution in [0.2, 0.25) is 0 Å². The molecular weight excluding hydrogens is 242 g/mol. The molecule has 0 aliphatic heterocycles. The molecule has 0 heterocycles. The maximum absolute atomic E-state index is 9.84. The number of hydrogen-bond donors (Lipinski definition) is 4. The second-order valence-corrected chi connectivity index (χ2v) is 4.53. The zero-order chi connectivity index (χ0) is 14.2. The van der Waals surface area contributed by atoms with Crippen LogP contribution in [0.5, 0.6) is 17.2 Å².